The first kappa shape index (κ1) is 17.4. The quantitative estimate of drug-likeness (QED) is 0.315. The number of hydrogen-bond acceptors (Lipinski definition) is 5. The van der Waals surface area contributed by atoms with E-state index in [-0.39, 0.29) is 22.9 Å². The van der Waals surface area contributed by atoms with Crippen molar-refractivity contribution < 1.29 is 19.2 Å². The molecule has 1 rings (SSSR count). The highest BCUT2D eigenvalue weighted by molar-refractivity contribution is 9.09. The first-order valence-corrected chi connectivity index (χ1v) is 7.46. The van der Waals surface area contributed by atoms with Crippen LogP contribution in [0.4, 0.5) is 5.69 Å². The van der Waals surface area contributed by atoms with Gasteiger partial charge in [-0.3, -0.25) is 14.9 Å². The standard InChI is InChI=1S/C13H17BrN2O5/c1-20-12-9-10(16(18)19)3-4-11(12)13(17)15-6-2-7-21-8-5-14/h3-4,9H,2,5-8H2,1H3,(H,15,17). The summed E-state index contributed by atoms with van der Waals surface area (Å²) in [7, 11) is 1.37. The van der Waals surface area contributed by atoms with Gasteiger partial charge in [-0.05, 0) is 12.5 Å². The number of rotatable bonds is 9. The number of ether oxygens (including phenoxy) is 2. The number of benzene rings is 1. The molecule has 0 heterocycles. The largest absolute Gasteiger partial charge is 0.496 e. The Hall–Kier alpha value is -1.67. The molecule has 7 nitrogen and oxygen atoms in total. The highest BCUT2D eigenvalue weighted by Gasteiger charge is 2.16. The molecule has 0 aliphatic rings. The molecule has 116 valence electrons. The number of non-ortho nitro benzene ring substituents is 1. The van der Waals surface area contributed by atoms with E-state index in [1.165, 1.54) is 25.3 Å². The molecule has 0 radical (unpaired) electrons. The van der Waals surface area contributed by atoms with Gasteiger partial charge in [0.25, 0.3) is 11.6 Å². The van der Waals surface area contributed by atoms with E-state index in [4.69, 9.17) is 9.47 Å². The molecule has 0 spiro atoms. The monoisotopic (exact) mass is 360 g/mol. The molecular formula is C13H17BrN2O5. The summed E-state index contributed by atoms with van der Waals surface area (Å²) in [5, 5.41) is 14.2. The van der Waals surface area contributed by atoms with Crippen LogP contribution in [0.1, 0.15) is 16.8 Å². The van der Waals surface area contributed by atoms with E-state index in [1.54, 1.807) is 0 Å². The second-order valence-corrected chi connectivity index (χ2v) is 4.85. The number of methoxy groups -OCH3 is 1. The lowest BCUT2D eigenvalue weighted by atomic mass is 10.1. The van der Waals surface area contributed by atoms with E-state index in [1.807, 2.05) is 0 Å². The van der Waals surface area contributed by atoms with Crippen LogP contribution in [0, 0.1) is 10.1 Å². The normalized spacial score (nSPS) is 10.2. The van der Waals surface area contributed by atoms with Gasteiger partial charge in [0.15, 0.2) is 0 Å². The van der Waals surface area contributed by atoms with Gasteiger partial charge in [0.1, 0.15) is 5.75 Å². The number of amides is 1. The highest BCUT2D eigenvalue weighted by atomic mass is 79.9. The van der Waals surface area contributed by atoms with Gasteiger partial charge in [-0.15, -0.1) is 0 Å². The zero-order valence-electron chi connectivity index (χ0n) is 11.6. The number of hydrogen-bond donors (Lipinski definition) is 1. The molecule has 0 saturated carbocycles. The van der Waals surface area contributed by atoms with Gasteiger partial charge < -0.3 is 14.8 Å². The predicted molar refractivity (Wildman–Crippen MR) is 81.2 cm³/mol. The molecule has 0 aromatic heterocycles. The van der Waals surface area contributed by atoms with E-state index in [0.717, 1.165) is 5.33 Å². The van der Waals surface area contributed by atoms with Crippen LogP contribution >= 0.6 is 15.9 Å². The summed E-state index contributed by atoms with van der Waals surface area (Å²) >= 11 is 3.25. The Labute approximate surface area is 130 Å². The minimum Gasteiger partial charge on any atom is -0.496 e. The van der Waals surface area contributed by atoms with Crippen molar-refractivity contribution >= 4 is 27.5 Å². The lowest BCUT2D eigenvalue weighted by Gasteiger charge is -2.09. The third-order valence-electron chi connectivity index (χ3n) is 2.61. The van der Waals surface area contributed by atoms with Crippen LogP contribution in [0.2, 0.25) is 0 Å². The third-order valence-corrected chi connectivity index (χ3v) is 2.94. The number of carbonyl (C=O) groups excluding carboxylic acids is 1. The Morgan fingerprint density at radius 3 is 2.81 bits per heavy atom. The van der Waals surface area contributed by atoms with Crippen molar-refractivity contribution in [3.8, 4) is 5.75 Å². The van der Waals surface area contributed by atoms with Crippen LogP contribution < -0.4 is 10.1 Å². The molecule has 8 heteroatoms. The topological polar surface area (TPSA) is 90.7 Å². The average Bonchev–Trinajstić information content (AvgIpc) is 2.49. The molecular weight excluding hydrogens is 344 g/mol. The summed E-state index contributed by atoms with van der Waals surface area (Å²) in [6, 6.07) is 3.89. The number of nitrogens with one attached hydrogen (secondary N) is 1. The summed E-state index contributed by atoms with van der Waals surface area (Å²) in [5.41, 5.74) is 0.149. The summed E-state index contributed by atoms with van der Waals surface area (Å²) in [5.74, 6) is -0.153. The molecule has 1 N–H and O–H groups in total. The second kappa shape index (κ2) is 9.30. The van der Waals surface area contributed by atoms with E-state index in [0.29, 0.717) is 26.2 Å². The Morgan fingerprint density at radius 1 is 1.43 bits per heavy atom. The molecule has 0 saturated heterocycles. The minimum atomic E-state index is -0.536. The van der Waals surface area contributed by atoms with Gasteiger partial charge in [0, 0.05) is 24.5 Å². The fraction of sp³-hybridized carbons (Fsp3) is 0.462. The average molecular weight is 361 g/mol. The zero-order chi connectivity index (χ0) is 15.7. The number of alkyl halides is 1. The molecule has 0 bridgehead atoms. The number of nitro groups is 1. The molecule has 0 fully saturated rings. The van der Waals surface area contributed by atoms with Gasteiger partial charge in [-0.1, -0.05) is 15.9 Å². The Kier molecular flexibility index (Phi) is 7.70. The van der Waals surface area contributed by atoms with Crippen molar-refractivity contribution in [2.75, 3.05) is 32.2 Å². The van der Waals surface area contributed by atoms with Crippen LogP contribution in [0.3, 0.4) is 0 Å². The van der Waals surface area contributed by atoms with Crippen LogP contribution in [-0.2, 0) is 4.74 Å². The molecule has 1 amide bonds. The van der Waals surface area contributed by atoms with Gasteiger partial charge in [0.2, 0.25) is 0 Å². The Bertz CT molecular complexity index is 495. The molecule has 21 heavy (non-hydrogen) atoms. The Morgan fingerprint density at radius 2 is 2.19 bits per heavy atom. The summed E-state index contributed by atoms with van der Waals surface area (Å²) in [6.07, 6.45) is 0.689. The second-order valence-electron chi connectivity index (χ2n) is 4.05. The summed E-state index contributed by atoms with van der Waals surface area (Å²) in [6.45, 7) is 1.65. The van der Waals surface area contributed by atoms with Crippen molar-refractivity contribution in [1.82, 2.24) is 5.32 Å². The molecule has 0 unspecified atom stereocenters. The van der Waals surface area contributed by atoms with Crippen molar-refractivity contribution in [1.29, 1.82) is 0 Å². The minimum absolute atomic E-state index is 0.119. The van der Waals surface area contributed by atoms with Crippen LogP contribution in [-0.4, -0.2) is 43.0 Å². The third kappa shape index (κ3) is 5.68. The highest BCUT2D eigenvalue weighted by Crippen LogP contribution is 2.24. The number of halogens is 1. The maximum Gasteiger partial charge on any atom is 0.273 e. The van der Waals surface area contributed by atoms with E-state index >= 15 is 0 Å². The van der Waals surface area contributed by atoms with Crippen molar-refractivity contribution in [3.63, 3.8) is 0 Å². The molecule has 0 atom stereocenters. The van der Waals surface area contributed by atoms with E-state index < -0.39 is 4.92 Å². The molecule has 1 aromatic carbocycles. The number of nitrogens with zero attached hydrogens (tertiary/aromatic N) is 1. The number of carbonyl (C=O) groups is 1. The predicted octanol–water partition coefficient (Wildman–Crippen LogP) is 2.13. The first-order valence-electron chi connectivity index (χ1n) is 6.34. The zero-order valence-corrected chi connectivity index (χ0v) is 13.2. The summed E-state index contributed by atoms with van der Waals surface area (Å²) in [4.78, 5) is 22.1. The first-order chi connectivity index (χ1) is 10.1. The van der Waals surface area contributed by atoms with Gasteiger partial charge in [0.05, 0.1) is 30.3 Å². The Balaban J connectivity index is 2.55. The van der Waals surface area contributed by atoms with Crippen molar-refractivity contribution in [2.45, 2.75) is 6.42 Å². The van der Waals surface area contributed by atoms with Crippen LogP contribution in [0.5, 0.6) is 5.75 Å². The lowest BCUT2D eigenvalue weighted by Crippen LogP contribution is -2.25. The van der Waals surface area contributed by atoms with Crippen LogP contribution in [0.25, 0.3) is 0 Å². The van der Waals surface area contributed by atoms with Gasteiger partial charge in [-0.2, -0.15) is 0 Å². The van der Waals surface area contributed by atoms with E-state index in [2.05, 4.69) is 21.2 Å². The maximum atomic E-state index is 12.0. The summed E-state index contributed by atoms with van der Waals surface area (Å²) < 4.78 is 10.3. The van der Waals surface area contributed by atoms with Crippen molar-refractivity contribution in [2.24, 2.45) is 0 Å². The fourth-order valence-corrected chi connectivity index (χ4v) is 1.84. The lowest BCUT2D eigenvalue weighted by molar-refractivity contribution is -0.384. The molecule has 0 aliphatic heterocycles. The van der Waals surface area contributed by atoms with E-state index in [9.17, 15) is 14.9 Å². The van der Waals surface area contributed by atoms with Crippen LogP contribution in [0.15, 0.2) is 18.2 Å². The number of nitro benzene ring substituents is 1. The molecule has 0 aliphatic carbocycles. The fourth-order valence-electron chi connectivity index (χ4n) is 1.61. The SMILES string of the molecule is COc1cc([N+](=O)[O-])ccc1C(=O)NCCCOCCBr. The smallest absolute Gasteiger partial charge is 0.273 e. The molecule has 1 aromatic rings. The van der Waals surface area contributed by atoms with Crippen molar-refractivity contribution in [3.05, 3.63) is 33.9 Å². The van der Waals surface area contributed by atoms with Gasteiger partial charge >= 0.3 is 0 Å². The van der Waals surface area contributed by atoms with Gasteiger partial charge in [-0.25, -0.2) is 0 Å². The maximum absolute atomic E-state index is 12.0.